The molecule has 18 heavy (non-hydrogen) atoms. The fourth-order valence-corrected chi connectivity index (χ4v) is 1.50. The van der Waals surface area contributed by atoms with E-state index in [4.69, 9.17) is 5.11 Å². The standard InChI is InChI=1S/C14H17NO3/c1-2-6-12(14(17)18)15-13(16)10-9-11-7-4-3-5-8-11/h3-5,7-10,12H,2,6H2,1H3,(H,15,16)(H,17,18)/b10-9+/t12-/m0/s1. The second-order valence-electron chi connectivity index (χ2n) is 3.93. The van der Waals surface area contributed by atoms with Gasteiger partial charge in [-0.25, -0.2) is 4.79 Å². The van der Waals surface area contributed by atoms with Gasteiger partial charge in [0.15, 0.2) is 0 Å². The van der Waals surface area contributed by atoms with Gasteiger partial charge in [0.05, 0.1) is 0 Å². The molecule has 1 aromatic carbocycles. The Bertz CT molecular complexity index is 426. The number of carboxylic acid groups (broad SMARTS) is 1. The topological polar surface area (TPSA) is 66.4 Å². The van der Waals surface area contributed by atoms with Crippen LogP contribution in [-0.4, -0.2) is 23.0 Å². The first kappa shape index (κ1) is 14.0. The quantitative estimate of drug-likeness (QED) is 0.756. The van der Waals surface area contributed by atoms with Gasteiger partial charge in [0.1, 0.15) is 6.04 Å². The van der Waals surface area contributed by atoms with Crippen LogP contribution in [0.15, 0.2) is 36.4 Å². The zero-order valence-electron chi connectivity index (χ0n) is 10.3. The molecule has 1 aromatic rings. The van der Waals surface area contributed by atoms with Crippen LogP contribution in [0.4, 0.5) is 0 Å². The number of hydrogen-bond donors (Lipinski definition) is 2. The molecule has 0 aromatic heterocycles. The third kappa shape index (κ3) is 4.82. The molecule has 0 bridgehead atoms. The Labute approximate surface area is 106 Å². The van der Waals surface area contributed by atoms with Crippen LogP contribution in [0.5, 0.6) is 0 Å². The molecule has 0 spiro atoms. The highest BCUT2D eigenvalue weighted by Gasteiger charge is 2.17. The molecule has 0 saturated carbocycles. The summed E-state index contributed by atoms with van der Waals surface area (Å²) in [7, 11) is 0. The molecule has 1 rings (SSSR count). The lowest BCUT2D eigenvalue weighted by Gasteiger charge is -2.11. The van der Waals surface area contributed by atoms with Crippen molar-refractivity contribution in [2.24, 2.45) is 0 Å². The number of carbonyl (C=O) groups is 2. The van der Waals surface area contributed by atoms with E-state index < -0.39 is 12.0 Å². The average Bonchev–Trinajstić information content (AvgIpc) is 2.37. The van der Waals surface area contributed by atoms with Crippen molar-refractivity contribution in [2.45, 2.75) is 25.8 Å². The Kier molecular flexibility index (Phi) is 5.64. The molecule has 0 fully saturated rings. The zero-order chi connectivity index (χ0) is 13.4. The lowest BCUT2D eigenvalue weighted by atomic mass is 10.1. The summed E-state index contributed by atoms with van der Waals surface area (Å²) in [4.78, 5) is 22.4. The number of carboxylic acids is 1. The van der Waals surface area contributed by atoms with Crippen LogP contribution >= 0.6 is 0 Å². The molecule has 0 heterocycles. The monoisotopic (exact) mass is 247 g/mol. The average molecular weight is 247 g/mol. The van der Waals surface area contributed by atoms with Crippen molar-refractivity contribution in [3.05, 3.63) is 42.0 Å². The molecule has 1 amide bonds. The minimum atomic E-state index is -1.00. The third-order valence-corrected chi connectivity index (χ3v) is 2.42. The van der Waals surface area contributed by atoms with E-state index in [-0.39, 0.29) is 5.91 Å². The predicted octanol–water partition coefficient (Wildman–Crippen LogP) is 2.07. The smallest absolute Gasteiger partial charge is 0.326 e. The first-order chi connectivity index (χ1) is 8.63. The fraction of sp³-hybridized carbons (Fsp3) is 0.286. The summed E-state index contributed by atoms with van der Waals surface area (Å²) in [5, 5.41) is 11.4. The fourth-order valence-electron chi connectivity index (χ4n) is 1.50. The Morgan fingerprint density at radius 1 is 1.33 bits per heavy atom. The van der Waals surface area contributed by atoms with Gasteiger partial charge < -0.3 is 10.4 Å². The molecular weight excluding hydrogens is 230 g/mol. The summed E-state index contributed by atoms with van der Waals surface area (Å²) < 4.78 is 0. The van der Waals surface area contributed by atoms with Crippen LogP contribution in [0.2, 0.25) is 0 Å². The van der Waals surface area contributed by atoms with Crippen LogP contribution in [0.1, 0.15) is 25.3 Å². The molecule has 0 saturated heterocycles. The normalized spacial score (nSPS) is 12.3. The van der Waals surface area contributed by atoms with Gasteiger partial charge in [-0.3, -0.25) is 4.79 Å². The Morgan fingerprint density at radius 3 is 2.56 bits per heavy atom. The summed E-state index contributed by atoms with van der Waals surface area (Å²) in [6, 6.07) is 8.54. The van der Waals surface area contributed by atoms with Gasteiger partial charge in [0.25, 0.3) is 0 Å². The molecule has 0 aliphatic carbocycles. The lowest BCUT2D eigenvalue weighted by Crippen LogP contribution is -2.39. The number of aliphatic carboxylic acids is 1. The lowest BCUT2D eigenvalue weighted by molar-refractivity contribution is -0.141. The first-order valence-electron chi connectivity index (χ1n) is 5.90. The molecule has 4 heteroatoms. The maximum absolute atomic E-state index is 11.5. The molecule has 0 aliphatic heterocycles. The number of rotatable bonds is 6. The van der Waals surface area contributed by atoms with E-state index in [9.17, 15) is 9.59 Å². The van der Waals surface area contributed by atoms with Crippen molar-refractivity contribution in [1.29, 1.82) is 0 Å². The van der Waals surface area contributed by atoms with Gasteiger partial charge in [0.2, 0.25) is 5.91 Å². The second-order valence-corrected chi connectivity index (χ2v) is 3.93. The molecule has 0 radical (unpaired) electrons. The summed E-state index contributed by atoms with van der Waals surface area (Å²) in [6.07, 6.45) is 4.14. The SMILES string of the molecule is CCC[C@H](NC(=O)/C=C/c1ccccc1)C(=O)O. The van der Waals surface area contributed by atoms with Crippen molar-refractivity contribution in [1.82, 2.24) is 5.32 Å². The number of carbonyl (C=O) groups excluding carboxylic acids is 1. The Balaban J connectivity index is 2.55. The van der Waals surface area contributed by atoms with E-state index in [0.717, 1.165) is 5.56 Å². The van der Waals surface area contributed by atoms with Crippen molar-refractivity contribution in [2.75, 3.05) is 0 Å². The number of hydrogen-bond acceptors (Lipinski definition) is 2. The van der Waals surface area contributed by atoms with Gasteiger partial charge >= 0.3 is 5.97 Å². The molecule has 0 aliphatic rings. The Hall–Kier alpha value is -2.10. The highest BCUT2D eigenvalue weighted by molar-refractivity contribution is 5.94. The van der Waals surface area contributed by atoms with E-state index in [2.05, 4.69) is 5.32 Å². The molecule has 4 nitrogen and oxygen atoms in total. The second kappa shape index (κ2) is 7.27. The van der Waals surface area contributed by atoms with Crippen molar-refractivity contribution in [3.63, 3.8) is 0 Å². The highest BCUT2D eigenvalue weighted by Crippen LogP contribution is 2.01. The van der Waals surface area contributed by atoms with Gasteiger partial charge in [-0.2, -0.15) is 0 Å². The maximum Gasteiger partial charge on any atom is 0.326 e. The van der Waals surface area contributed by atoms with Gasteiger partial charge in [0, 0.05) is 6.08 Å². The largest absolute Gasteiger partial charge is 0.480 e. The van der Waals surface area contributed by atoms with Crippen LogP contribution in [0, 0.1) is 0 Å². The number of nitrogens with one attached hydrogen (secondary N) is 1. The van der Waals surface area contributed by atoms with E-state index in [1.807, 2.05) is 37.3 Å². The van der Waals surface area contributed by atoms with E-state index in [0.29, 0.717) is 12.8 Å². The van der Waals surface area contributed by atoms with Crippen LogP contribution in [0.3, 0.4) is 0 Å². The van der Waals surface area contributed by atoms with Crippen LogP contribution < -0.4 is 5.32 Å². The zero-order valence-corrected chi connectivity index (χ0v) is 10.3. The molecule has 1 atom stereocenters. The van der Waals surface area contributed by atoms with E-state index in [1.54, 1.807) is 6.08 Å². The van der Waals surface area contributed by atoms with Crippen molar-refractivity contribution >= 4 is 18.0 Å². The first-order valence-corrected chi connectivity index (χ1v) is 5.90. The third-order valence-electron chi connectivity index (χ3n) is 2.42. The molecule has 0 unspecified atom stereocenters. The van der Waals surface area contributed by atoms with Crippen LogP contribution in [0.25, 0.3) is 6.08 Å². The number of benzene rings is 1. The van der Waals surface area contributed by atoms with E-state index in [1.165, 1.54) is 6.08 Å². The molecule has 96 valence electrons. The summed E-state index contributed by atoms with van der Waals surface area (Å²) in [5.74, 6) is -1.39. The van der Waals surface area contributed by atoms with E-state index >= 15 is 0 Å². The van der Waals surface area contributed by atoms with Crippen molar-refractivity contribution in [3.8, 4) is 0 Å². The minimum Gasteiger partial charge on any atom is -0.480 e. The molecular formula is C14H17NO3. The predicted molar refractivity (Wildman–Crippen MR) is 70.0 cm³/mol. The van der Waals surface area contributed by atoms with Crippen LogP contribution in [-0.2, 0) is 9.59 Å². The van der Waals surface area contributed by atoms with Gasteiger partial charge in [-0.15, -0.1) is 0 Å². The summed E-state index contributed by atoms with van der Waals surface area (Å²) in [5.41, 5.74) is 0.898. The maximum atomic E-state index is 11.5. The Morgan fingerprint density at radius 2 is 2.00 bits per heavy atom. The van der Waals surface area contributed by atoms with Crippen molar-refractivity contribution < 1.29 is 14.7 Å². The van der Waals surface area contributed by atoms with Gasteiger partial charge in [-0.1, -0.05) is 43.7 Å². The molecule has 2 N–H and O–H groups in total. The minimum absolute atomic E-state index is 0.389. The number of amides is 1. The highest BCUT2D eigenvalue weighted by atomic mass is 16.4. The van der Waals surface area contributed by atoms with Gasteiger partial charge in [-0.05, 0) is 18.1 Å². The summed E-state index contributed by atoms with van der Waals surface area (Å²) in [6.45, 7) is 1.88. The summed E-state index contributed by atoms with van der Waals surface area (Å²) >= 11 is 0.